The summed E-state index contributed by atoms with van der Waals surface area (Å²) in [6.07, 6.45) is 2.13. The summed E-state index contributed by atoms with van der Waals surface area (Å²) in [5.74, 6) is 0.185. The van der Waals surface area contributed by atoms with E-state index in [1.165, 1.54) is 0 Å². The van der Waals surface area contributed by atoms with Gasteiger partial charge in [0.2, 0.25) is 5.88 Å². The molecule has 0 saturated carbocycles. The predicted molar refractivity (Wildman–Crippen MR) is 99.5 cm³/mol. The normalized spacial score (nSPS) is 16.4. The van der Waals surface area contributed by atoms with Crippen molar-refractivity contribution in [3.05, 3.63) is 58.2 Å². The number of aromatic nitrogens is 1. The van der Waals surface area contributed by atoms with E-state index >= 15 is 4.39 Å². The van der Waals surface area contributed by atoms with E-state index in [1.807, 2.05) is 13.8 Å². The Morgan fingerprint density at radius 2 is 1.92 bits per heavy atom. The average molecular weight is 377 g/mol. The number of piperidine rings is 1. The van der Waals surface area contributed by atoms with Gasteiger partial charge in [0.1, 0.15) is 11.2 Å². The number of amides is 1. The molecule has 1 aromatic carbocycles. The average Bonchev–Trinajstić information content (AvgIpc) is 2.63. The minimum absolute atomic E-state index is 0.155. The summed E-state index contributed by atoms with van der Waals surface area (Å²) in [6.45, 7) is 4.83. The molecule has 6 heteroatoms. The maximum Gasteiger partial charge on any atom is 0.259 e. The Kier molecular flexibility index (Phi) is 5.47. The minimum atomic E-state index is -1.44. The first-order valence-electron chi connectivity index (χ1n) is 8.77. The zero-order chi connectivity index (χ0) is 18.7. The number of likely N-dealkylation sites (tertiary alicyclic amines) is 1. The first kappa shape index (κ1) is 18.6. The molecule has 1 aromatic heterocycles. The summed E-state index contributed by atoms with van der Waals surface area (Å²) >= 11 is 5.89. The summed E-state index contributed by atoms with van der Waals surface area (Å²) in [4.78, 5) is 18.8. The van der Waals surface area contributed by atoms with Crippen LogP contribution in [0.2, 0.25) is 5.02 Å². The molecule has 1 amide bonds. The third-order valence-corrected chi connectivity index (χ3v) is 5.08. The van der Waals surface area contributed by atoms with Crippen LogP contribution in [0.4, 0.5) is 4.39 Å². The second-order valence-corrected chi connectivity index (χ2v) is 6.94. The zero-order valence-corrected chi connectivity index (χ0v) is 15.7. The van der Waals surface area contributed by atoms with Crippen molar-refractivity contribution < 1.29 is 13.9 Å². The lowest BCUT2D eigenvalue weighted by Gasteiger charge is -2.37. The molecule has 1 saturated heterocycles. The minimum Gasteiger partial charge on any atom is -0.477 e. The molecule has 138 valence electrons. The molecule has 0 bridgehead atoms. The molecule has 2 heterocycles. The summed E-state index contributed by atoms with van der Waals surface area (Å²) in [6, 6.07) is 8.62. The smallest absolute Gasteiger partial charge is 0.259 e. The quantitative estimate of drug-likeness (QED) is 0.786. The largest absolute Gasteiger partial charge is 0.477 e. The van der Waals surface area contributed by atoms with Crippen molar-refractivity contribution in [2.75, 3.05) is 19.7 Å². The standard InChI is InChI=1S/C20H22ClFN2O2/c1-3-26-18-17(14(2)8-11-23-18)19(25)24-12-9-20(22,10-13-24)15-4-6-16(21)7-5-15/h4-8,11H,3,9-10,12-13H2,1-2H3. The van der Waals surface area contributed by atoms with Crippen LogP contribution in [0.15, 0.2) is 36.5 Å². The lowest BCUT2D eigenvalue weighted by atomic mass is 9.86. The number of halogens is 2. The van der Waals surface area contributed by atoms with Crippen LogP contribution in [0, 0.1) is 6.92 Å². The summed E-state index contributed by atoms with van der Waals surface area (Å²) in [7, 11) is 0. The Morgan fingerprint density at radius 3 is 2.54 bits per heavy atom. The van der Waals surface area contributed by atoms with Gasteiger partial charge in [-0.05, 0) is 43.2 Å². The third kappa shape index (κ3) is 3.68. The molecule has 2 aromatic rings. The molecule has 3 rings (SSSR count). The molecule has 26 heavy (non-hydrogen) atoms. The molecular weight excluding hydrogens is 355 g/mol. The van der Waals surface area contributed by atoms with E-state index < -0.39 is 5.67 Å². The van der Waals surface area contributed by atoms with Crippen molar-refractivity contribution in [2.24, 2.45) is 0 Å². The number of benzene rings is 1. The fourth-order valence-electron chi connectivity index (χ4n) is 3.30. The SMILES string of the molecule is CCOc1nccc(C)c1C(=O)N1CCC(F)(c2ccc(Cl)cc2)CC1. The van der Waals surface area contributed by atoms with Crippen LogP contribution in [-0.2, 0) is 5.67 Å². The Labute approximate surface area is 157 Å². The fourth-order valence-corrected chi connectivity index (χ4v) is 3.43. The van der Waals surface area contributed by atoms with Gasteiger partial charge in [-0.25, -0.2) is 9.37 Å². The van der Waals surface area contributed by atoms with Crippen molar-refractivity contribution in [2.45, 2.75) is 32.4 Å². The van der Waals surface area contributed by atoms with Crippen molar-refractivity contribution >= 4 is 17.5 Å². The van der Waals surface area contributed by atoms with E-state index in [0.29, 0.717) is 41.7 Å². The van der Waals surface area contributed by atoms with E-state index in [1.54, 1.807) is 41.4 Å². The van der Waals surface area contributed by atoms with Gasteiger partial charge in [0.25, 0.3) is 5.91 Å². The number of rotatable bonds is 4. The second kappa shape index (κ2) is 7.62. The van der Waals surface area contributed by atoms with E-state index in [-0.39, 0.29) is 18.7 Å². The van der Waals surface area contributed by atoms with Gasteiger partial charge in [-0.1, -0.05) is 23.7 Å². The summed E-state index contributed by atoms with van der Waals surface area (Å²) in [5, 5.41) is 0.584. The first-order valence-corrected chi connectivity index (χ1v) is 9.15. The van der Waals surface area contributed by atoms with Gasteiger partial charge in [-0.15, -0.1) is 0 Å². The van der Waals surface area contributed by atoms with Crippen molar-refractivity contribution in [1.82, 2.24) is 9.88 Å². The summed E-state index contributed by atoms with van der Waals surface area (Å²) in [5.41, 5.74) is 0.450. The van der Waals surface area contributed by atoms with Crippen LogP contribution < -0.4 is 4.74 Å². The third-order valence-electron chi connectivity index (χ3n) is 4.82. The fraction of sp³-hybridized carbons (Fsp3) is 0.400. The molecule has 0 aliphatic carbocycles. The predicted octanol–water partition coefficient (Wildman–Crippen LogP) is 4.54. The molecule has 0 atom stereocenters. The molecule has 0 spiro atoms. The highest BCUT2D eigenvalue weighted by atomic mass is 35.5. The lowest BCUT2D eigenvalue weighted by Crippen LogP contribution is -2.43. The van der Waals surface area contributed by atoms with Gasteiger partial charge in [0.05, 0.1) is 6.61 Å². The number of alkyl halides is 1. The van der Waals surface area contributed by atoms with Gasteiger partial charge < -0.3 is 9.64 Å². The first-order chi connectivity index (χ1) is 12.4. The van der Waals surface area contributed by atoms with Gasteiger partial charge in [0.15, 0.2) is 0 Å². The number of ether oxygens (including phenoxy) is 1. The van der Waals surface area contributed by atoms with E-state index in [4.69, 9.17) is 16.3 Å². The highest BCUT2D eigenvalue weighted by Crippen LogP contribution is 2.38. The Bertz CT molecular complexity index is 787. The molecule has 1 aliphatic heterocycles. The van der Waals surface area contributed by atoms with Crippen molar-refractivity contribution in [3.8, 4) is 5.88 Å². The number of pyridine rings is 1. The Hall–Kier alpha value is -2.14. The van der Waals surface area contributed by atoms with Crippen molar-refractivity contribution in [3.63, 3.8) is 0 Å². The zero-order valence-electron chi connectivity index (χ0n) is 15.0. The molecular formula is C20H22ClFN2O2. The number of aryl methyl sites for hydroxylation is 1. The second-order valence-electron chi connectivity index (χ2n) is 6.51. The van der Waals surface area contributed by atoms with Gasteiger partial charge in [-0.2, -0.15) is 0 Å². The van der Waals surface area contributed by atoms with Crippen LogP contribution in [0.5, 0.6) is 5.88 Å². The number of hydrogen-bond donors (Lipinski definition) is 0. The highest BCUT2D eigenvalue weighted by Gasteiger charge is 2.38. The van der Waals surface area contributed by atoms with Crippen LogP contribution in [-0.4, -0.2) is 35.5 Å². The Balaban J connectivity index is 1.76. The van der Waals surface area contributed by atoms with Crippen LogP contribution in [0.25, 0.3) is 0 Å². The van der Waals surface area contributed by atoms with E-state index in [2.05, 4.69) is 4.98 Å². The maximum atomic E-state index is 15.3. The topological polar surface area (TPSA) is 42.4 Å². The number of hydrogen-bond acceptors (Lipinski definition) is 3. The molecule has 1 aliphatic rings. The number of nitrogens with zero attached hydrogens (tertiary/aromatic N) is 2. The molecule has 0 unspecified atom stereocenters. The van der Waals surface area contributed by atoms with Gasteiger partial charge in [0, 0.05) is 37.2 Å². The van der Waals surface area contributed by atoms with Gasteiger partial charge in [-0.3, -0.25) is 4.79 Å². The lowest BCUT2D eigenvalue weighted by molar-refractivity contribution is 0.0417. The van der Waals surface area contributed by atoms with E-state index in [9.17, 15) is 4.79 Å². The van der Waals surface area contributed by atoms with Gasteiger partial charge >= 0.3 is 0 Å². The molecule has 0 N–H and O–H groups in total. The Morgan fingerprint density at radius 1 is 1.27 bits per heavy atom. The molecule has 4 nitrogen and oxygen atoms in total. The molecule has 1 fully saturated rings. The maximum absolute atomic E-state index is 15.3. The van der Waals surface area contributed by atoms with Crippen LogP contribution in [0.3, 0.4) is 0 Å². The summed E-state index contributed by atoms with van der Waals surface area (Å²) < 4.78 is 20.8. The van der Waals surface area contributed by atoms with E-state index in [0.717, 1.165) is 5.56 Å². The number of carbonyl (C=O) groups excluding carboxylic acids is 1. The number of carbonyl (C=O) groups is 1. The monoisotopic (exact) mass is 376 g/mol. The highest BCUT2D eigenvalue weighted by molar-refractivity contribution is 6.30. The molecule has 0 radical (unpaired) electrons. The van der Waals surface area contributed by atoms with Crippen molar-refractivity contribution in [1.29, 1.82) is 0 Å². The van der Waals surface area contributed by atoms with Crippen LogP contribution in [0.1, 0.15) is 41.3 Å². The van der Waals surface area contributed by atoms with Crippen LogP contribution >= 0.6 is 11.6 Å².